The first kappa shape index (κ1) is 28.2. The number of pyridine rings is 1. The molecule has 0 saturated heterocycles. The smallest absolute Gasteiger partial charge is 0.435 e. The molecule has 1 unspecified atom stereocenters. The Morgan fingerprint density at radius 2 is 1.76 bits per heavy atom. The number of nitrogens with one attached hydrogen (secondary N) is 1. The average molecular weight is 527 g/mol. The minimum atomic E-state index is -1.52. The van der Waals surface area contributed by atoms with Gasteiger partial charge in [-0.2, -0.15) is 4.99 Å². The Balaban J connectivity index is 1.67. The second-order valence-corrected chi connectivity index (χ2v) is 7.86. The van der Waals surface area contributed by atoms with Crippen LogP contribution in [-0.2, 0) is 27.4 Å². The number of carbonyl (C=O) groups is 2. The lowest BCUT2D eigenvalue weighted by molar-refractivity contribution is -0.133. The van der Waals surface area contributed by atoms with Gasteiger partial charge < -0.3 is 25.3 Å². The van der Waals surface area contributed by atoms with Gasteiger partial charge in [0.15, 0.2) is 6.10 Å². The van der Waals surface area contributed by atoms with Gasteiger partial charge in [0.05, 0.1) is 17.9 Å². The maximum absolute atomic E-state index is 14.9. The molecule has 9 nitrogen and oxygen atoms in total. The zero-order valence-corrected chi connectivity index (χ0v) is 20.9. The monoisotopic (exact) mass is 526 g/mol. The van der Waals surface area contributed by atoms with Gasteiger partial charge in [-0.05, 0) is 31.5 Å². The molecule has 0 aliphatic heterocycles. The summed E-state index contributed by atoms with van der Waals surface area (Å²) in [7, 11) is 0. The molecule has 11 heteroatoms. The predicted octanol–water partition coefficient (Wildman–Crippen LogP) is 4.19. The molecule has 200 valence electrons. The van der Waals surface area contributed by atoms with Gasteiger partial charge in [0.25, 0.3) is 5.91 Å². The number of hydrogen-bond acceptors (Lipinski definition) is 6. The SMILES string of the molecule is CCOC(=O)N=C(N)c1ccc(CNC(=O)C(OCC)c2c(F)cc(OCc3ccccn3)cc2F)cc1. The molecule has 1 heterocycles. The van der Waals surface area contributed by atoms with Gasteiger partial charge in [-0.1, -0.05) is 30.3 Å². The highest BCUT2D eigenvalue weighted by atomic mass is 19.1. The van der Waals surface area contributed by atoms with Crippen LogP contribution >= 0.6 is 0 Å². The summed E-state index contributed by atoms with van der Waals surface area (Å²) in [5.74, 6) is -2.74. The number of rotatable bonds is 11. The summed E-state index contributed by atoms with van der Waals surface area (Å²) in [6, 6.07) is 13.8. The van der Waals surface area contributed by atoms with Crippen molar-refractivity contribution in [3.8, 4) is 5.75 Å². The lowest BCUT2D eigenvalue weighted by Gasteiger charge is -2.19. The van der Waals surface area contributed by atoms with Crippen molar-refractivity contribution in [2.24, 2.45) is 10.7 Å². The molecule has 0 fully saturated rings. The van der Waals surface area contributed by atoms with Crippen LogP contribution in [0, 0.1) is 11.6 Å². The Kier molecular flexibility index (Phi) is 10.2. The molecule has 3 rings (SSSR count). The molecule has 0 radical (unpaired) electrons. The molecule has 2 aromatic carbocycles. The topological polar surface area (TPSA) is 125 Å². The molecule has 1 atom stereocenters. The van der Waals surface area contributed by atoms with Crippen LogP contribution in [0.1, 0.15) is 42.3 Å². The zero-order valence-electron chi connectivity index (χ0n) is 20.9. The zero-order chi connectivity index (χ0) is 27.5. The molecule has 0 aliphatic carbocycles. The molecule has 0 aliphatic rings. The third-order valence-corrected chi connectivity index (χ3v) is 5.20. The van der Waals surface area contributed by atoms with Crippen molar-refractivity contribution in [1.29, 1.82) is 0 Å². The van der Waals surface area contributed by atoms with Crippen LogP contribution in [0.3, 0.4) is 0 Å². The van der Waals surface area contributed by atoms with Crippen LogP contribution in [0.15, 0.2) is 65.8 Å². The maximum atomic E-state index is 14.9. The molecule has 1 aromatic heterocycles. The normalized spacial score (nSPS) is 12.1. The maximum Gasteiger partial charge on any atom is 0.435 e. The van der Waals surface area contributed by atoms with Gasteiger partial charge in [0.2, 0.25) is 0 Å². The second-order valence-electron chi connectivity index (χ2n) is 7.86. The van der Waals surface area contributed by atoms with Gasteiger partial charge >= 0.3 is 6.09 Å². The Morgan fingerprint density at radius 1 is 1.05 bits per heavy atom. The van der Waals surface area contributed by atoms with Crippen LogP contribution < -0.4 is 15.8 Å². The highest BCUT2D eigenvalue weighted by Gasteiger charge is 2.28. The van der Waals surface area contributed by atoms with Crippen LogP contribution in [0.25, 0.3) is 0 Å². The third-order valence-electron chi connectivity index (χ3n) is 5.20. The molecule has 3 N–H and O–H groups in total. The molecule has 3 aromatic rings. The number of amides is 2. The largest absolute Gasteiger partial charge is 0.487 e. The van der Waals surface area contributed by atoms with Gasteiger partial charge in [0.1, 0.15) is 29.8 Å². The fraction of sp³-hybridized carbons (Fsp3) is 0.259. The van der Waals surface area contributed by atoms with Crippen molar-refractivity contribution in [3.05, 3.63) is 94.8 Å². The summed E-state index contributed by atoms with van der Waals surface area (Å²) in [4.78, 5) is 32.0. The predicted molar refractivity (Wildman–Crippen MR) is 135 cm³/mol. The van der Waals surface area contributed by atoms with Crippen molar-refractivity contribution in [2.75, 3.05) is 13.2 Å². The summed E-state index contributed by atoms with van der Waals surface area (Å²) in [6.07, 6.45) is -0.731. The highest BCUT2D eigenvalue weighted by Crippen LogP contribution is 2.29. The number of nitrogens with zero attached hydrogens (tertiary/aromatic N) is 2. The minimum absolute atomic E-state index is 0.0196. The van der Waals surface area contributed by atoms with Gasteiger partial charge in [0, 0.05) is 37.0 Å². The first-order valence-electron chi connectivity index (χ1n) is 11.8. The highest BCUT2D eigenvalue weighted by molar-refractivity contribution is 6.02. The summed E-state index contributed by atoms with van der Waals surface area (Å²) in [5, 5.41) is 2.62. The standard InChI is InChI=1S/C27H28F2N4O5/c1-3-36-24(23-21(28)13-20(14-22(23)29)38-16-19-7-5-6-12-31-19)26(34)32-15-17-8-10-18(11-9-17)25(30)33-27(35)37-4-2/h5-14,24H,3-4,15-16H2,1-2H3,(H,32,34)(H2,30,33,35). The molecule has 2 amide bonds. The van der Waals surface area contributed by atoms with Crippen molar-refractivity contribution >= 4 is 17.8 Å². The number of aromatic nitrogens is 1. The van der Waals surface area contributed by atoms with E-state index in [1.807, 2.05) is 0 Å². The second kappa shape index (κ2) is 13.8. The lowest BCUT2D eigenvalue weighted by atomic mass is 10.1. The molecular weight excluding hydrogens is 498 g/mol. The van der Waals surface area contributed by atoms with Crippen molar-refractivity contribution in [3.63, 3.8) is 0 Å². The summed E-state index contributed by atoms with van der Waals surface area (Å²) in [5.41, 5.74) is 7.02. The third kappa shape index (κ3) is 7.81. The van der Waals surface area contributed by atoms with Crippen molar-refractivity contribution in [1.82, 2.24) is 10.3 Å². The van der Waals surface area contributed by atoms with Crippen molar-refractivity contribution in [2.45, 2.75) is 33.1 Å². The molecule has 0 spiro atoms. The van der Waals surface area contributed by atoms with E-state index in [1.165, 1.54) is 0 Å². The van der Waals surface area contributed by atoms with Crippen LogP contribution in [-0.4, -0.2) is 36.0 Å². The van der Waals surface area contributed by atoms with E-state index in [0.717, 1.165) is 12.1 Å². The number of ether oxygens (including phenoxy) is 3. The summed E-state index contributed by atoms with van der Waals surface area (Å²) in [6.45, 7) is 3.55. The Hall–Kier alpha value is -4.38. The van der Waals surface area contributed by atoms with E-state index in [4.69, 9.17) is 19.9 Å². The van der Waals surface area contributed by atoms with E-state index in [2.05, 4.69) is 15.3 Å². The van der Waals surface area contributed by atoms with E-state index in [0.29, 0.717) is 16.8 Å². The Labute approximate surface area is 218 Å². The Morgan fingerprint density at radius 3 is 2.37 bits per heavy atom. The number of amidine groups is 1. The minimum Gasteiger partial charge on any atom is -0.487 e. The number of hydrogen-bond donors (Lipinski definition) is 2. The molecular formula is C27H28F2N4O5. The van der Waals surface area contributed by atoms with E-state index < -0.39 is 35.3 Å². The van der Waals surface area contributed by atoms with E-state index >= 15 is 0 Å². The number of carbonyl (C=O) groups excluding carboxylic acids is 2. The summed E-state index contributed by atoms with van der Waals surface area (Å²) < 4.78 is 45.5. The van der Waals surface area contributed by atoms with E-state index in [1.54, 1.807) is 62.5 Å². The number of benzene rings is 2. The molecule has 0 saturated carbocycles. The lowest BCUT2D eigenvalue weighted by Crippen LogP contribution is -2.31. The van der Waals surface area contributed by atoms with E-state index in [-0.39, 0.29) is 38.0 Å². The number of aliphatic imine (C=N–C) groups is 1. The first-order valence-corrected chi connectivity index (χ1v) is 11.8. The van der Waals surface area contributed by atoms with Crippen LogP contribution in [0.5, 0.6) is 5.75 Å². The fourth-order valence-corrected chi connectivity index (χ4v) is 3.39. The van der Waals surface area contributed by atoms with Crippen LogP contribution in [0.2, 0.25) is 0 Å². The van der Waals surface area contributed by atoms with Gasteiger partial charge in [-0.3, -0.25) is 9.78 Å². The van der Waals surface area contributed by atoms with E-state index in [9.17, 15) is 18.4 Å². The number of nitrogens with two attached hydrogens (primary N) is 1. The van der Waals surface area contributed by atoms with Crippen LogP contribution in [0.4, 0.5) is 13.6 Å². The first-order chi connectivity index (χ1) is 18.3. The van der Waals surface area contributed by atoms with Gasteiger partial charge in [-0.15, -0.1) is 0 Å². The summed E-state index contributed by atoms with van der Waals surface area (Å²) >= 11 is 0. The molecule has 38 heavy (non-hydrogen) atoms. The number of halogens is 2. The van der Waals surface area contributed by atoms with Gasteiger partial charge in [-0.25, -0.2) is 13.6 Å². The quantitative estimate of drug-likeness (QED) is 0.283. The van der Waals surface area contributed by atoms with Crippen molar-refractivity contribution < 1.29 is 32.6 Å². The average Bonchev–Trinajstić information content (AvgIpc) is 2.90. The Bertz CT molecular complexity index is 1250. The fourth-order valence-electron chi connectivity index (χ4n) is 3.39. The molecule has 0 bridgehead atoms.